The molecule has 8 nitrogen and oxygen atoms in total. The predicted octanol–water partition coefficient (Wildman–Crippen LogP) is 3.58. The molecule has 30 heavy (non-hydrogen) atoms. The lowest BCUT2D eigenvalue weighted by molar-refractivity contribution is 0.0901. The fourth-order valence-corrected chi connectivity index (χ4v) is 4.73. The van der Waals surface area contributed by atoms with Crippen LogP contribution in [-0.4, -0.2) is 39.7 Å². The van der Waals surface area contributed by atoms with Crippen LogP contribution in [0.3, 0.4) is 0 Å². The smallest absolute Gasteiger partial charge is 0.263 e. The monoisotopic (exact) mass is 423 g/mol. The maximum Gasteiger partial charge on any atom is 0.263 e. The van der Waals surface area contributed by atoms with Crippen molar-refractivity contribution < 1.29 is 14.6 Å². The molecule has 0 saturated carbocycles. The number of ether oxygens (including phenoxy) is 1. The topological polar surface area (TPSA) is 99.6 Å². The van der Waals surface area contributed by atoms with Crippen LogP contribution in [0.5, 0.6) is 11.6 Å². The van der Waals surface area contributed by atoms with Crippen LogP contribution in [-0.2, 0) is 6.42 Å². The van der Waals surface area contributed by atoms with Crippen molar-refractivity contribution in [1.82, 2.24) is 15.3 Å². The van der Waals surface area contributed by atoms with Gasteiger partial charge in [-0.05, 0) is 38.1 Å². The molecule has 2 aliphatic heterocycles. The van der Waals surface area contributed by atoms with E-state index in [1.165, 1.54) is 17.4 Å². The standard InChI is InChI=1S/C21H21N5O3S/c1-21(2)11-13-18(19(28)25-21)30-20(23-13)26-8-9-29-15-7-6-12(10-14(15)26)22-16-4-3-5-17(27)24-16/h3-7,10H,8-9,11H2,1-2H3,(H,25,28)(H2,22,24,27). The molecule has 5 rings (SSSR count). The van der Waals surface area contributed by atoms with E-state index in [0.29, 0.717) is 30.3 Å². The first-order valence-corrected chi connectivity index (χ1v) is 10.5. The van der Waals surface area contributed by atoms with Gasteiger partial charge in [0.1, 0.15) is 23.1 Å². The Morgan fingerprint density at radius 1 is 1.27 bits per heavy atom. The first-order chi connectivity index (χ1) is 14.4. The molecule has 2 aromatic heterocycles. The van der Waals surface area contributed by atoms with Crippen molar-refractivity contribution in [2.24, 2.45) is 0 Å². The van der Waals surface area contributed by atoms with Gasteiger partial charge < -0.3 is 25.4 Å². The van der Waals surface area contributed by atoms with Crippen LogP contribution in [0.4, 0.5) is 22.3 Å². The highest BCUT2D eigenvalue weighted by molar-refractivity contribution is 7.17. The number of pyridine rings is 1. The van der Waals surface area contributed by atoms with Gasteiger partial charge in [-0.1, -0.05) is 17.4 Å². The van der Waals surface area contributed by atoms with E-state index in [1.807, 2.05) is 32.0 Å². The number of benzene rings is 1. The van der Waals surface area contributed by atoms with Gasteiger partial charge in [0.2, 0.25) is 5.88 Å². The molecule has 9 heteroatoms. The number of amides is 1. The fourth-order valence-electron chi connectivity index (χ4n) is 3.71. The van der Waals surface area contributed by atoms with Crippen LogP contribution >= 0.6 is 11.3 Å². The molecule has 4 heterocycles. The number of aromatic hydroxyl groups is 1. The van der Waals surface area contributed by atoms with Gasteiger partial charge in [0.25, 0.3) is 5.91 Å². The van der Waals surface area contributed by atoms with Crippen molar-refractivity contribution in [1.29, 1.82) is 0 Å². The minimum atomic E-state index is -0.302. The van der Waals surface area contributed by atoms with Crippen LogP contribution in [0.1, 0.15) is 29.2 Å². The number of hydrogen-bond acceptors (Lipinski definition) is 8. The fraction of sp³-hybridized carbons (Fsp3) is 0.286. The lowest BCUT2D eigenvalue weighted by Crippen LogP contribution is -2.48. The molecule has 0 aliphatic carbocycles. The number of anilines is 4. The maximum absolute atomic E-state index is 12.5. The van der Waals surface area contributed by atoms with E-state index in [2.05, 4.69) is 20.5 Å². The van der Waals surface area contributed by atoms with E-state index < -0.39 is 0 Å². The van der Waals surface area contributed by atoms with E-state index in [-0.39, 0.29) is 17.3 Å². The Kier molecular flexibility index (Phi) is 4.28. The molecule has 2 aliphatic rings. The van der Waals surface area contributed by atoms with Crippen molar-refractivity contribution >= 4 is 39.6 Å². The molecule has 154 valence electrons. The summed E-state index contributed by atoms with van der Waals surface area (Å²) in [6.45, 7) is 5.18. The van der Waals surface area contributed by atoms with Crippen LogP contribution in [0.2, 0.25) is 0 Å². The predicted molar refractivity (Wildman–Crippen MR) is 115 cm³/mol. The zero-order valence-corrected chi connectivity index (χ0v) is 17.4. The van der Waals surface area contributed by atoms with Crippen LogP contribution in [0.15, 0.2) is 36.4 Å². The van der Waals surface area contributed by atoms with Gasteiger partial charge in [-0.3, -0.25) is 4.79 Å². The lowest BCUT2D eigenvalue weighted by Gasteiger charge is -2.29. The van der Waals surface area contributed by atoms with Crippen LogP contribution in [0.25, 0.3) is 0 Å². The third-order valence-corrected chi connectivity index (χ3v) is 6.13. The van der Waals surface area contributed by atoms with E-state index in [4.69, 9.17) is 9.72 Å². The third kappa shape index (κ3) is 3.41. The number of fused-ring (bicyclic) bond motifs is 2. The Bertz CT molecular complexity index is 1140. The van der Waals surface area contributed by atoms with Crippen molar-refractivity contribution in [3.05, 3.63) is 47.0 Å². The second-order valence-corrected chi connectivity index (χ2v) is 8.95. The van der Waals surface area contributed by atoms with Gasteiger partial charge in [-0.25, -0.2) is 4.98 Å². The van der Waals surface area contributed by atoms with E-state index in [0.717, 1.165) is 27.9 Å². The summed E-state index contributed by atoms with van der Waals surface area (Å²) in [5.74, 6) is 1.19. The number of nitrogens with one attached hydrogen (secondary N) is 2. The Morgan fingerprint density at radius 2 is 2.13 bits per heavy atom. The molecule has 1 amide bonds. The van der Waals surface area contributed by atoms with Gasteiger partial charge in [-0.15, -0.1) is 0 Å². The van der Waals surface area contributed by atoms with Gasteiger partial charge in [0.15, 0.2) is 5.13 Å². The number of hydrogen-bond donors (Lipinski definition) is 3. The minimum Gasteiger partial charge on any atom is -0.493 e. The summed E-state index contributed by atoms with van der Waals surface area (Å²) in [4.78, 5) is 24.1. The zero-order valence-electron chi connectivity index (χ0n) is 16.6. The highest BCUT2D eigenvalue weighted by Gasteiger charge is 2.34. The summed E-state index contributed by atoms with van der Waals surface area (Å²) in [5, 5.41) is 16.6. The first-order valence-electron chi connectivity index (χ1n) is 9.68. The SMILES string of the molecule is CC1(C)Cc2nc(N3CCOc4ccc(Nc5cccc(O)n5)cc43)sc2C(=O)N1. The van der Waals surface area contributed by atoms with Gasteiger partial charge in [-0.2, -0.15) is 4.98 Å². The van der Waals surface area contributed by atoms with Crippen molar-refractivity contribution in [3.63, 3.8) is 0 Å². The second kappa shape index (κ2) is 6.88. The largest absolute Gasteiger partial charge is 0.493 e. The number of nitrogens with zero attached hydrogens (tertiary/aromatic N) is 3. The van der Waals surface area contributed by atoms with Crippen LogP contribution in [0, 0.1) is 0 Å². The number of carbonyl (C=O) groups excluding carboxylic acids is 1. The van der Waals surface area contributed by atoms with Crippen molar-refractivity contribution in [2.45, 2.75) is 25.8 Å². The number of thiazole rings is 1. The first kappa shape index (κ1) is 18.7. The van der Waals surface area contributed by atoms with E-state index >= 15 is 0 Å². The lowest BCUT2D eigenvalue weighted by atomic mass is 9.94. The van der Waals surface area contributed by atoms with Gasteiger partial charge in [0.05, 0.1) is 17.9 Å². The summed E-state index contributed by atoms with van der Waals surface area (Å²) in [5.41, 5.74) is 2.22. The average Bonchev–Trinajstić information content (AvgIpc) is 3.10. The molecule has 0 radical (unpaired) electrons. The molecule has 0 spiro atoms. The number of carbonyl (C=O) groups is 1. The molecular weight excluding hydrogens is 402 g/mol. The normalized spacial score (nSPS) is 16.9. The molecule has 0 saturated heterocycles. The summed E-state index contributed by atoms with van der Waals surface area (Å²) < 4.78 is 5.83. The highest BCUT2D eigenvalue weighted by atomic mass is 32.1. The second-order valence-electron chi connectivity index (χ2n) is 7.98. The Balaban J connectivity index is 1.49. The van der Waals surface area contributed by atoms with E-state index in [1.54, 1.807) is 12.1 Å². The Hall–Kier alpha value is -3.33. The zero-order chi connectivity index (χ0) is 20.9. The molecule has 1 aromatic carbocycles. The molecular formula is C21H21N5O3S. The average molecular weight is 423 g/mol. The summed E-state index contributed by atoms with van der Waals surface area (Å²) in [6.07, 6.45) is 0.701. The van der Waals surface area contributed by atoms with Crippen molar-refractivity contribution in [3.8, 4) is 11.6 Å². The third-order valence-electron chi connectivity index (χ3n) is 5.01. The molecule has 0 fully saturated rings. The maximum atomic E-state index is 12.5. The highest BCUT2D eigenvalue weighted by Crippen LogP contribution is 2.42. The minimum absolute atomic E-state index is 0.0440. The summed E-state index contributed by atoms with van der Waals surface area (Å²) in [6, 6.07) is 10.8. The van der Waals surface area contributed by atoms with E-state index in [9.17, 15) is 9.90 Å². The van der Waals surface area contributed by atoms with Gasteiger partial charge in [0, 0.05) is 23.7 Å². The summed E-state index contributed by atoms with van der Waals surface area (Å²) >= 11 is 1.41. The molecule has 0 bridgehead atoms. The van der Waals surface area contributed by atoms with Crippen molar-refractivity contribution in [2.75, 3.05) is 23.4 Å². The Morgan fingerprint density at radius 3 is 2.97 bits per heavy atom. The Labute approximate surface area is 177 Å². The number of aromatic nitrogens is 2. The number of rotatable bonds is 3. The molecule has 0 unspecified atom stereocenters. The van der Waals surface area contributed by atoms with Crippen LogP contribution < -0.4 is 20.3 Å². The summed E-state index contributed by atoms with van der Waals surface area (Å²) in [7, 11) is 0. The molecule has 0 atom stereocenters. The molecule has 3 N–H and O–H groups in total. The van der Waals surface area contributed by atoms with Gasteiger partial charge >= 0.3 is 0 Å². The quantitative estimate of drug-likeness (QED) is 0.592. The molecule has 3 aromatic rings.